The highest BCUT2D eigenvalue weighted by atomic mass is 16.5. The van der Waals surface area contributed by atoms with Gasteiger partial charge in [0.2, 0.25) is 0 Å². The minimum atomic E-state index is -0.294. The van der Waals surface area contributed by atoms with Crippen molar-refractivity contribution in [1.29, 1.82) is 0 Å². The van der Waals surface area contributed by atoms with E-state index in [0.29, 0.717) is 11.5 Å². The van der Waals surface area contributed by atoms with Crippen molar-refractivity contribution in [3.05, 3.63) is 71.8 Å². The Bertz CT molecular complexity index is 891. The highest BCUT2D eigenvalue weighted by molar-refractivity contribution is 6.02. The van der Waals surface area contributed by atoms with Gasteiger partial charge in [0.15, 0.2) is 0 Å². The lowest BCUT2D eigenvalue weighted by molar-refractivity contribution is 0.0601. The third kappa shape index (κ3) is 2.50. The molecule has 114 valence electrons. The van der Waals surface area contributed by atoms with Crippen LogP contribution in [0.5, 0.6) is 0 Å². The van der Waals surface area contributed by atoms with E-state index >= 15 is 0 Å². The second-order valence-electron chi connectivity index (χ2n) is 6.09. The molecule has 0 bridgehead atoms. The largest absolute Gasteiger partial charge is 0.465 e. The molecule has 2 heteroatoms. The number of esters is 1. The monoisotopic (exact) mass is 302 g/mol. The summed E-state index contributed by atoms with van der Waals surface area (Å²) in [5.74, 6) is 0.391. The van der Waals surface area contributed by atoms with Crippen molar-refractivity contribution in [2.24, 2.45) is 0 Å². The SMILES string of the molecule is COC(=O)c1ccc2cccc(-c3ccccc3C3CC3)c2c1. The first-order valence-corrected chi connectivity index (χ1v) is 7.98. The van der Waals surface area contributed by atoms with Crippen molar-refractivity contribution in [2.45, 2.75) is 18.8 Å². The van der Waals surface area contributed by atoms with Crippen LogP contribution in [0.3, 0.4) is 0 Å². The summed E-state index contributed by atoms with van der Waals surface area (Å²) in [5, 5.41) is 2.24. The van der Waals surface area contributed by atoms with E-state index in [1.807, 2.05) is 18.2 Å². The Hall–Kier alpha value is -2.61. The predicted molar refractivity (Wildman–Crippen MR) is 92.7 cm³/mol. The first kappa shape index (κ1) is 14.0. The van der Waals surface area contributed by atoms with Gasteiger partial charge in [-0.15, -0.1) is 0 Å². The number of rotatable bonds is 3. The second kappa shape index (κ2) is 5.54. The summed E-state index contributed by atoms with van der Waals surface area (Å²) in [7, 11) is 1.42. The first-order chi connectivity index (χ1) is 11.3. The summed E-state index contributed by atoms with van der Waals surface area (Å²) in [6.45, 7) is 0. The van der Waals surface area contributed by atoms with Gasteiger partial charge in [0.1, 0.15) is 0 Å². The maximum absolute atomic E-state index is 11.9. The third-order valence-electron chi connectivity index (χ3n) is 4.57. The zero-order valence-electron chi connectivity index (χ0n) is 13.1. The van der Waals surface area contributed by atoms with Gasteiger partial charge in [-0.3, -0.25) is 0 Å². The van der Waals surface area contributed by atoms with Crippen molar-refractivity contribution < 1.29 is 9.53 Å². The Kier molecular flexibility index (Phi) is 3.38. The fourth-order valence-corrected chi connectivity index (χ4v) is 3.24. The molecule has 0 heterocycles. The summed E-state index contributed by atoms with van der Waals surface area (Å²) in [6.07, 6.45) is 2.55. The molecule has 0 N–H and O–H groups in total. The Balaban J connectivity index is 1.95. The fraction of sp³-hybridized carbons (Fsp3) is 0.190. The van der Waals surface area contributed by atoms with Crippen LogP contribution in [0.4, 0.5) is 0 Å². The van der Waals surface area contributed by atoms with Crippen LogP contribution in [0.2, 0.25) is 0 Å². The van der Waals surface area contributed by atoms with Crippen molar-refractivity contribution >= 4 is 16.7 Å². The van der Waals surface area contributed by atoms with E-state index < -0.39 is 0 Å². The summed E-state index contributed by atoms with van der Waals surface area (Å²) >= 11 is 0. The lowest BCUT2D eigenvalue weighted by Gasteiger charge is -2.12. The van der Waals surface area contributed by atoms with Gasteiger partial charge in [-0.05, 0) is 58.4 Å². The third-order valence-corrected chi connectivity index (χ3v) is 4.57. The maximum Gasteiger partial charge on any atom is 0.337 e. The van der Waals surface area contributed by atoms with Crippen molar-refractivity contribution in [1.82, 2.24) is 0 Å². The fourth-order valence-electron chi connectivity index (χ4n) is 3.24. The molecule has 1 fully saturated rings. The van der Waals surface area contributed by atoms with E-state index in [1.165, 1.54) is 36.6 Å². The zero-order chi connectivity index (χ0) is 15.8. The second-order valence-corrected chi connectivity index (χ2v) is 6.09. The quantitative estimate of drug-likeness (QED) is 0.624. The number of ether oxygens (including phenoxy) is 1. The zero-order valence-corrected chi connectivity index (χ0v) is 13.1. The van der Waals surface area contributed by atoms with Gasteiger partial charge in [-0.2, -0.15) is 0 Å². The molecule has 3 aromatic rings. The molecular formula is C21H18O2. The van der Waals surface area contributed by atoms with E-state index in [9.17, 15) is 4.79 Å². The van der Waals surface area contributed by atoms with Gasteiger partial charge >= 0.3 is 5.97 Å². The number of benzene rings is 3. The van der Waals surface area contributed by atoms with Gasteiger partial charge in [0.25, 0.3) is 0 Å². The molecule has 0 amide bonds. The molecule has 2 nitrogen and oxygen atoms in total. The van der Waals surface area contributed by atoms with E-state index in [-0.39, 0.29) is 5.97 Å². The Morgan fingerprint density at radius 2 is 1.74 bits per heavy atom. The van der Waals surface area contributed by atoms with Crippen LogP contribution < -0.4 is 0 Å². The van der Waals surface area contributed by atoms with E-state index in [0.717, 1.165) is 10.8 Å². The summed E-state index contributed by atoms with van der Waals surface area (Å²) in [6, 6.07) is 20.7. The van der Waals surface area contributed by atoms with Crippen molar-refractivity contribution in [2.75, 3.05) is 7.11 Å². The molecule has 0 unspecified atom stereocenters. The van der Waals surface area contributed by atoms with Crippen LogP contribution in [0.15, 0.2) is 60.7 Å². The van der Waals surface area contributed by atoms with E-state index in [2.05, 4.69) is 42.5 Å². The molecule has 1 aliphatic rings. The number of methoxy groups -OCH3 is 1. The molecule has 0 saturated heterocycles. The van der Waals surface area contributed by atoms with E-state index in [4.69, 9.17) is 4.74 Å². The predicted octanol–water partition coefficient (Wildman–Crippen LogP) is 5.17. The van der Waals surface area contributed by atoms with Crippen LogP contribution in [0, 0.1) is 0 Å². The molecule has 0 radical (unpaired) electrons. The molecule has 3 aromatic carbocycles. The number of hydrogen-bond acceptors (Lipinski definition) is 2. The average Bonchev–Trinajstić information content (AvgIpc) is 3.45. The minimum Gasteiger partial charge on any atom is -0.465 e. The van der Waals surface area contributed by atoms with Crippen LogP contribution >= 0.6 is 0 Å². The number of carbonyl (C=O) groups excluding carboxylic acids is 1. The molecule has 0 aliphatic heterocycles. The first-order valence-electron chi connectivity index (χ1n) is 7.98. The summed E-state index contributed by atoms with van der Waals surface area (Å²) in [4.78, 5) is 11.9. The Morgan fingerprint density at radius 3 is 2.52 bits per heavy atom. The number of hydrogen-bond donors (Lipinski definition) is 0. The molecule has 23 heavy (non-hydrogen) atoms. The standard InChI is InChI=1S/C21H18O2/c1-23-21(22)16-12-11-14-5-4-8-19(20(14)13-16)18-7-3-2-6-17(18)15-9-10-15/h2-8,11-13,15H,9-10H2,1H3. The van der Waals surface area contributed by atoms with Gasteiger partial charge in [-0.1, -0.05) is 48.5 Å². The molecule has 1 aliphatic carbocycles. The Labute approximate surface area is 135 Å². The van der Waals surface area contributed by atoms with Gasteiger partial charge in [0, 0.05) is 0 Å². The van der Waals surface area contributed by atoms with Crippen LogP contribution in [-0.4, -0.2) is 13.1 Å². The van der Waals surface area contributed by atoms with Gasteiger partial charge in [-0.25, -0.2) is 4.79 Å². The molecule has 4 rings (SSSR count). The lowest BCUT2D eigenvalue weighted by atomic mass is 9.92. The van der Waals surface area contributed by atoms with Crippen LogP contribution in [0.25, 0.3) is 21.9 Å². The molecule has 1 saturated carbocycles. The summed E-state index contributed by atoms with van der Waals surface area (Å²) in [5.41, 5.74) is 4.48. The number of carbonyl (C=O) groups is 1. The summed E-state index contributed by atoms with van der Waals surface area (Å²) < 4.78 is 4.86. The molecular weight excluding hydrogens is 284 g/mol. The molecule has 0 atom stereocenters. The highest BCUT2D eigenvalue weighted by Crippen LogP contribution is 2.45. The van der Waals surface area contributed by atoms with Crippen LogP contribution in [-0.2, 0) is 4.74 Å². The molecule has 0 spiro atoms. The maximum atomic E-state index is 11.9. The normalized spacial score (nSPS) is 14.0. The van der Waals surface area contributed by atoms with Crippen molar-refractivity contribution in [3.63, 3.8) is 0 Å². The Morgan fingerprint density at radius 1 is 0.957 bits per heavy atom. The molecule has 0 aromatic heterocycles. The highest BCUT2D eigenvalue weighted by Gasteiger charge is 2.26. The topological polar surface area (TPSA) is 26.3 Å². The smallest absolute Gasteiger partial charge is 0.337 e. The number of fused-ring (bicyclic) bond motifs is 1. The average molecular weight is 302 g/mol. The van der Waals surface area contributed by atoms with Gasteiger partial charge in [0.05, 0.1) is 12.7 Å². The van der Waals surface area contributed by atoms with Crippen molar-refractivity contribution in [3.8, 4) is 11.1 Å². The lowest BCUT2D eigenvalue weighted by Crippen LogP contribution is -2.00. The van der Waals surface area contributed by atoms with Crippen LogP contribution in [0.1, 0.15) is 34.7 Å². The van der Waals surface area contributed by atoms with E-state index in [1.54, 1.807) is 0 Å². The minimum absolute atomic E-state index is 0.294. The van der Waals surface area contributed by atoms with Gasteiger partial charge < -0.3 is 4.74 Å².